The molecule has 18 heavy (non-hydrogen) atoms. The monoisotopic (exact) mass is 251 g/mol. The molecule has 0 aliphatic rings. The van der Waals surface area contributed by atoms with Crippen LogP contribution in [0.1, 0.15) is 29.8 Å². The number of hydrogen-bond donors (Lipinski definition) is 3. The summed E-state index contributed by atoms with van der Waals surface area (Å²) in [5, 5.41) is 11.9. The van der Waals surface area contributed by atoms with Gasteiger partial charge in [0.05, 0.1) is 5.56 Å². The Bertz CT molecular complexity index is 472. The maximum atomic E-state index is 11.4. The molecule has 4 N–H and O–H groups in total. The van der Waals surface area contributed by atoms with Gasteiger partial charge in [-0.15, -0.1) is 0 Å². The Morgan fingerprint density at radius 3 is 2.50 bits per heavy atom. The number of carbonyl (C=O) groups is 2. The van der Waals surface area contributed by atoms with Crippen LogP contribution in [0.2, 0.25) is 0 Å². The van der Waals surface area contributed by atoms with E-state index in [4.69, 9.17) is 10.8 Å². The minimum absolute atomic E-state index is 0.148. The van der Waals surface area contributed by atoms with Crippen molar-refractivity contribution in [3.63, 3.8) is 0 Å². The summed E-state index contributed by atoms with van der Waals surface area (Å²) in [6.07, 6.45) is 1.50. The molecule has 1 atom stereocenters. The number of nitrogens with zero attached hydrogens (tertiary/aromatic N) is 1. The molecule has 0 aromatic carbocycles. The smallest absolute Gasteiger partial charge is 0.326 e. The van der Waals surface area contributed by atoms with E-state index >= 15 is 0 Å². The van der Waals surface area contributed by atoms with E-state index in [1.54, 1.807) is 26.8 Å². The molecule has 0 radical (unpaired) electrons. The lowest BCUT2D eigenvalue weighted by atomic mass is 10.0. The molecular formula is C12H17N3O3. The van der Waals surface area contributed by atoms with Gasteiger partial charge in [-0.3, -0.25) is 4.79 Å². The molecule has 0 bridgehead atoms. The number of anilines is 1. The highest BCUT2D eigenvalue weighted by Crippen LogP contribution is 2.18. The lowest BCUT2D eigenvalue weighted by Crippen LogP contribution is -2.35. The van der Waals surface area contributed by atoms with Crippen molar-refractivity contribution in [2.75, 3.05) is 5.32 Å². The predicted octanol–water partition coefficient (Wildman–Crippen LogP) is 1.01. The molecule has 0 saturated heterocycles. The normalized spacial score (nSPS) is 12.2. The van der Waals surface area contributed by atoms with Crippen LogP contribution in [-0.4, -0.2) is 28.0 Å². The third kappa shape index (κ3) is 2.97. The van der Waals surface area contributed by atoms with Crippen LogP contribution in [0, 0.1) is 12.8 Å². The fourth-order valence-electron chi connectivity index (χ4n) is 1.64. The SMILES string of the molecule is Cc1ccnc(NC(C(=O)O)C(C)C)c1C(N)=O. The van der Waals surface area contributed by atoms with Gasteiger partial charge in [0.15, 0.2) is 0 Å². The maximum absolute atomic E-state index is 11.4. The molecule has 0 fully saturated rings. The summed E-state index contributed by atoms with van der Waals surface area (Å²) in [7, 11) is 0. The van der Waals surface area contributed by atoms with Gasteiger partial charge in [-0.1, -0.05) is 13.8 Å². The zero-order valence-corrected chi connectivity index (χ0v) is 10.6. The minimum Gasteiger partial charge on any atom is -0.480 e. The summed E-state index contributed by atoms with van der Waals surface area (Å²) in [6, 6.07) is 0.827. The van der Waals surface area contributed by atoms with Crippen LogP contribution in [0.4, 0.5) is 5.82 Å². The van der Waals surface area contributed by atoms with Gasteiger partial charge in [-0.05, 0) is 24.5 Å². The molecule has 1 aromatic heterocycles. The van der Waals surface area contributed by atoms with E-state index in [1.165, 1.54) is 6.20 Å². The van der Waals surface area contributed by atoms with Gasteiger partial charge in [-0.2, -0.15) is 0 Å². The van der Waals surface area contributed by atoms with Crippen molar-refractivity contribution >= 4 is 17.7 Å². The maximum Gasteiger partial charge on any atom is 0.326 e. The average Bonchev–Trinajstić information content (AvgIpc) is 2.24. The van der Waals surface area contributed by atoms with E-state index < -0.39 is 17.9 Å². The first kappa shape index (κ1) is 14.0. The number of aromatic nitrogens is 1. The number of aliphatic carboxylic acids is 1. The number of carboxylic acid groups (broad SMARTS) is 1. The molecule has 6 nitrogen and oxygen atoms in total. The molecule has 0 spiro atoms. The van der Waals surface area contributed by atoms with Gasteiger partial charge < -0.3 is 16.2 Å². The molecule has 0 aliphatic carbocycles. The number of nitrogens with one attached hydrogen (secondary N) is 1. The van der Waals surface area contributed by atoms with Gasteiger partial charge in [0.2, 0.25) is 0 Å². The van der Waals surface area contributed by atoms with Crippen LogP contribution in [0.25, 0.3) is 0 Å². The van der Waals surface area contributed by atoms with Crippen molar-refractivity contribution in [2.24, 2.45) is 11.7 Å². The average molecular weight is 251 g/mol. The number of hydrogen-bond acceptors (Lipinski definition) is 4. The number of nitrogens with two attached hydrogens (primary N) is 1. The Kier molecular flexibility index (Phi) is 4.25. The van der Waals surface area contributed by atoms with Gasteiger partial charge in [-0.25, -0.2) is 9.78 Å². The molecular weight excluding hydrogens is 234 g/mol. The van der Waals surface area contributed by atoms with E-state index in [0.29, 0.717) is 5.56 Å². The van der Waals surface area contributed by atoms with Crippen LogP contribution in [-0.2, 0) is 4.79 Å². The van der Waals surface area contributed by atoms with E-state index in [9.17, 15) is 9.59 Å². The van der Waals surface area contributed by atoms with Gasteiger partial charge in [0.1, 0.15) is 11.9 Å². The summed E-state index contributed by atoms with van der Waals surface area (Å²) in [6.45, 7) is 5.26. The van der Waals surface area contributed by atoms with E-state index in [0.717, 1.165) is 0 Å². The van der Waals surface area contributed by atoms with Crippen molar-refractivity contribution < 1.29 is 14.7 Å². The van der Waals surface area contributed by atoms with Crippen LogP contribution in [0.5, 0.6) is 0 Å². The Labute approximate surface area is 105 Å². The third-order valence-corrected chi connectivity index (χ3v) is 2.63. The lowest BCUT2D eigenvalue weighted by Gasteiger charge is -2.20. The Morgan fingerprint density at radius 2 is 2.06 bits per heavy atom. The molecule has 1 amide bonds. The number of pyridine rings is 1. The van der Waals surface area contributed by atoms with Crippen molar-refractivity contribution in [3.05, 3.63) is 23.4 Å². The second-order valence-corrected chi connectivity index (χ2v) is 4.42. The fourth-order valence-corrected chi connectivity index (χ4v) is 1.64. The number of amides is 1. The second-order valence-electron chi connectivity index (χ2n) is 4.42. The molecule has 1 aromatic rings. The van der Waals surface area contributed by atoms with E-state index in [1.807, 2.05) is 0 Å². The van der Waals surface area contributed by atoms with Crippen LogP contribution >= 0.6 is 0 Å². The van der Waals surface area contributed by atoms with Crippen molar-refractivity contribution in [2.45, 2.75) is 26.8 Å². The zero-order valence-electron chi connectivity index (χ0n) is 10.6. The molecule has 98 valence electrons. The Hall–Kier alpha value is -2.11. The van der Waals surface area contributed by atoms with Gasteiger partial charge in [0.25, 0.3) is 5.91 Å². The van der Waals surface area contributed by atoms with Gasteiger partial charge in [0, 0.05) is 6.20 Å². The Morgan fingerprint density at radius 1 is 1.44 bits per heavy atom. The largest absolute Gasteiger partial charge is 0.480 e. The molecule has 1 rings (SSSR count). The Balaban J connectivity index is 3.14. The number of primary amides is 1. The second kappa shape index (κ2) is 5.48. The highest BCUT2D eigenvalue weighted by atomic mass is 16.4. The standard InChI is InChI=1S/C12H17N3O3/c1-6(2)9(12(17)18)15-11-8(10(13)16)7(3)4-5-14-11/h4-6,9H,1-3H3,(H2,13,16)(H,14,15)(H,17,18). The summed E-state index contributed by atoms with van der Waals surface area (Å²) in [4.78, 5) is 26.5. The molecule has 6 heteroatoms. The highest BCUT2D eigenvalue weighted by Gasteiger charge is 2.24. The molecule has 0 aliphatic heterocycles. The zero-order chi connectivity index (χ0) is 13.9. The number of rotatable bonds is 5. The topological polar surface area (TPSA) is 105 Å². The number of carboxylic acids is 1. The molecule has 1 unspecified atom stereocenters. The summed E-state index contributed by atoms with van der Waals surface area (Å²) in [5.41, 5.74) is 6.16. The van der Waals surface area contributed by atoms with Crippen molar-refractivity contribution in [3.8, 4) is 0 Å². The third-order valence-electron chi connectivity index (χ3n) is 2.63. The van der Waals surface area contributed by atoms with Gasteiger partial charge >= 0.3 is 5.97 Å². The fraction of sp³-hybridized carbons (Fsp3) is 0.417. The minimum atomic E-state index is -0.997. The number of carbonyl (C=O) groups excluding carboxylic acids is 1. The molecule has 1 heterocycles. The first-order valence-electron chi connectivity index (χ1n) is 5.59. The summed E-state index contributed by atoms with van der Waals surface area (Å²) >= 11 is 0. The van der Waals surface area contributed by atoms with Crippen LogP contribution in [0.15, 0.2) is 12.3 Å². The van der Waals surface area contributed by atoms with Crippen LogP contribution < -0.4 is 11.1 Å². The summed E-state index contributed by atoms with van der Waals surface area (Å²) in [5.74, 6) is -1.56. The highest BCUT2D eigenvalue weighted by molar-refractivity contribution is 5.99. The first-order valence-corrected chi connectivity index (χ1v) is 5.59. The number of aryl methyl sites for hydroxylation is 1. The molecule has 0 saturated carbocycles. The quantitative estimate of drug-likeness (QED) is 0.724. The van der Waals surface area contributed by atoms with Crippen molar-refractivity contribution in [1.82, 2.24) is 4.98 Å². The van der Waals surface area contributed by atoms with E-state index in [-0.39, 0.29) is 17.3 Å². The van der Waals surface area contributed by atoms with Crippen molar-refractivity contribution in [1.29, 1.82) is 0 Å². The van der Waals surface area contributed by atoms with Crippen LogP contribution in [0.3, 0.4) is 0 Å². The predicted molar refractivity (Wildman–Crippen MR) is 67.4 cm³/mol. The summed E-state index contributed by atoms with van der Waals surface area (Å²) < 4.78 is 0. The first-order chi connectivity index (χ1) is 8.34. The lowest BCUT2D eigenvalue weighted by molar-refractivity contribution is -0.138. The van der Waals surface area contributed by atoms with E-state index in [2.05, 4.69) is 10.3 Å².